The molecular weight excluding hydrogens is 188 g/mol. The van der Waals surface area contributed by atoms with Crippen molar-refractivity contribution in [1.82, 2.24) is 9.55 Å². The fourth-order valence-electron chi connectivity index (χ4n) is 1.49. The van der Waals surface area contributed by atoms with Crippen LogP contribution in [-0.2, 0) is 0 Å². The van der Waals surface area contributed by atoms with Crippen LogP contribution < -0.4 is 5.73 Å². The summed E-state index contributed by atoms with van der Waals surface area (Å²) in [6, 6.07) is 5.83. The van der Waals surface area contributed by atoms with Crippen LogP contribution in [0, 0.1) is 12.3 Å². The highest BCUT2D eigenvalue weighted by Gasteiger charge is 2.06. The Kier molecular flexibility index (Phi) is 2.25. The van der Waals surface area contributed by atoms with E-state index in [-0.39, 0.29) is 5.84 Å². The molecule has 2 rings (SSSR count). The third-order valence-corrected chi connectivity index (χ3v) is 2.22. The average molecular weight is 200 g/mol. The first-order chi connectivity index (χ1) is 7.18. The van der Waals surface area contributed by atoms with Crippen molar-refractivity contribution in [2.75, 3.05) is 0 Å². The summed E-state index contributed by atoms with van der Waals surface area (Å²) in [5.74, 6) is 0.0717. The second-order valence-corrected chi connectivity index (χ2v) is 3.40. The minimum atomic E-state index is 0.0717. The maximum atomic E-state index is 7.52. The van der Waals surface area contributed by atoms with Crippen LogP contribution in [0.25, 0.3) is 5.69 Å². The van der Waals surface area contributed by atoms with E-state index in [2.05, 4.69) is 4.98 Å². The molecule has 1 heterocycles. The van der Waals surface area contributed by atoms with Crippen molar-refractivity contribution in [2.45, 2.75) is 6.92 Å². The maximum Gasteiger partial charge on any atom is 0.124 e. The molecule has 0 saturated heterocycles. The Hall–Kier alpha value is -2.10. The van der Waals surface area contributed by atoms with Crippen molar-refractivity contribution < 1.29 is 0 Å². The van der Waals surface area contributed by atoms with Crippen molar-refractivity contribution >= 4 is 5.84 Å². The van der Waals surface area contributed by atoms with Crippen molar-refractivity contribution in [2.24, 2.45) is 5.73 Å². The molecule has 0 atom stereocenters. The van der Waals surface area contributed by atoms with Gasteiger partial charge in [-0.2, -0.15) is 0 Å². The van der Waals surface area contributed by atoms with Crippen molar-refractivity contribution in [1.29, 1.82) is 5.41 Å². The second-order valence-electron chi connectivity index (χ2n) is 3.40. The van der Waals surface area contributed by atoms with Gasteiger partial charge in [-0.1, -0.05) is 11.6 Å². The number of hydrogen-bond acceptors (Lipinski definition) is 2. The Morgan fingerprint density at radius 3 is 2.87 bits per heavy atom. The number of aromatic nitrogens is 2. The van der Waals surface area contributed by atoms with Crippen LogP contribution in [0.4, 0.5) is 0 Å². The van der Waals surface area contributed by atoms with Crippen LogP contribution in [0.2, 0.25) is 0 Å². The molecule has 0 amide bonds. The van der Waals surface area contributed by atoms with Gasteiger partial charge in [0.25, 0.3) is 0 Å². The molecule has 76 valence electrons. The van der Waals surface area contributed by atoms with Crippen molar-refractivity contribution in [3.63, 3.8) is 0 Å². The SMILES string of the molecule is Cc1ccc(-n2ccnc2)c(C(=N)N)c1. The topological polar surface area (TPSA) is 67.7 Å². The quantitative estimate of drug-likeness (QED) is 0.569. The van der Waals surface area contributed by atoms with E-state index in [1.54, 1.807) is 12.5 Å². The first-order valence-corrected chi connectivity index (χ1v) is 4.62. The summed E-state index contributed by atoms with van der Waals surface area (Å²) in [7, 11) is 0. The lowest BCUT2D eigenvalue weighted by Gasteiger charge is -2.09. The monoisotopic (exact) mass is 200 g/mol. The van der Waals surface area contributed by atoms with Crippen molar-refractivity contribution in [3.8, 4) is 5.69 Å². The normalized spacial score (nSPS) is 10.2. The Labute approximate surface area is 87.9 Å². The van der Waals surface area contributed by atoms with E-state index in [0.717, 1.165) is 16.8 Å². The number of amidine groups is 1. The van der Waals surface area contributed by atoms with Crippen molar-refractivity contribution in [3.05, 3.63) is 48.0 Å². The fraction of sp³-hybridized carbons (Fsp3) is 0.0909. The smallest absolute Gasteiger partial charge is 0.124 e. The summed E-state index contributed by atoms with van der Waals surface area (Å²) in [6.07, 6.45) is 5.22. The van der Waals surface area contributed by atoms with E-state index in [4.69, 9.17) is 11.1 Å². The zero-order valence-electron chi connectivity index (χ0n) is 8.44. The Morgan fingerprint density at radius 1 is 1.47 bits per heavy atom. The highest BCUT2D eigenvalue weighted by molar-refractivity contribution is 5.98. The van der Waals surface area contributed by atoms with E-state index in [9.17, 15) is 0 Å². The molecule has 15 heavy (non-hydrogen) atoms. The van der Waals surface area contributed by atoms with Gasteiger partial charge in [0, 0.05) is 18.0 Å². The van der Waals surface area contributed by atoms with Crippen LogP contribution in [0.15, 0.2) is 36.9 Å². The number of hydrogen-bond donors (Lipinski definition) is 2. The first-order valence-electron chi connectivity index (χ1n) is 4.62. The molecule has 0 saturated carbocycles. The standard InChI is InChI=1S/C11H12N4/c1-8-2-3-10(9(6-8)11(12)13)15-5-4-14-7-15/h2-7H,1H3,(H3,12,13). The number of aryl methyl sites for hydroxylation is 1. The van der Waals surface area contributed by atoms with Crippen LogP contribution in [0.1, 0.15) is 11.1 Å². The molecule has 0 radical (unpaired) electrons. The largest absolute Gasteiger partial charge is 0.384 e. The second kappa shape index (κ2) is 3.57. The summed E-state index contributed by atoms with van der Waals surface area (Å²) in [5, 5.41) is 7.52. The van der Waals surface area contributed by atoms with Gasteiger partial charge < -0.3 is 10.3 Å². The predicted octanol–water partition coefficient (Wildman–Crippen LogP) is 1.46. The molecule has 0 aliphatic carbocycles. The predicted molar refractivity (Wildman–Crippen MR) is 59.3 cm³/mol. The van der Waals surface area contributed by atoms with Crippen LogP contribution in [0.5, 0.6) is 0 Å². The molecule has 4 nitrogen and oxygen atoms in total. The highest BCUT2D eigenvalue weighted by atomic mass is 15.0. The van der Waals surface area contributed by atoms with Crippen LogP contribution >= 0.6 is 0 Å². The Balaban J connectivity index is 2.61. The lowest BCUT2D eigenvalue weighted by atomic mass is 10.1. The van der Waals surface area contributed by atoms with Gasteiger partial charge >= 0.3 is 0 Å². The molecule has 0 aliphatic heterocycles. The highest BCUT2D eigenvalue weighted by Crippen LogP contribution is 2.15. The Morgan fingerprint density at radius 2 is 2.27 bits per heavy atom. The lowest BCUT2D eigenvalue weighted by molar-refractivity contribution is 1.05. The van der Waals surface area contributed by atoms with Gasteiger partial charge in [-0.25, -0.2) is 4.98 Å². The third kappa shape index (κ3) is 1.74. The molecule has 1 aromatic heterocycles. The molecule has 3 N–H and O–H groups in total. The summed E-state index contributed by atoms with van der Waals surface area (Å²) >= 11 is 0. The summed E-state index contributed by atoms with van der Waals surface area (Å²) in [6.45, 7) is 1.98. The number of imidazole rings is 1. The van der Waals surface area contributed by atoms with E-state index in [1.807, 2.05) is 35.9 Å². The molecule has 0 spiro atoms. The molecule has 1 aromatic carbocycles. The number of rotatable bonds is 2. The molecule has 0 bridgehead atoms. The third-order valence-electron chi connectivity index (χ3n) is 2.22. The van der Waals surface area contributed by atoms with Gasteiger partial charge in [-0.05, 0) is 19.1 Å². The minimum Gasteiger partial charge on any atom is -0.384 e. The fourth-order valence-corrected chi connectivity index (χ4v) is 1.49. The van der Waals surface area contributed by atoms with Gasteiger partial charge in [0.1, 0.15) is 5.84 Å². The van der Waals surface area contributed by atoms with Gasteiger partial charge in [0.05, 0.1) is 12.0 Å². The molecule has 0 fully saturated rings. The van der Waals surface area contributed by atoms with E-state index < -0.39 is 0 Å². The maximum absolute atomic E-state index is 7.52. The number of benzene rings is 1. The van der Waals surface area contributed by atoms with Gasteiger partial charge in [-0.3, -0.25) is 5.41 Å². The summed E-state index contributed by atoms with van der Waals surface area (Å²) < 4.78 is 1.84. The zero-order chi connectivity index (χ0) is 10.8. The number of nitrogen functional groups attached to an aromatic ring is 1. The van der Waals surface area contributed by atoms with Gasteiger partial charge in [-0.15, -0.1) is 0 Å². The average Bonchev–Trinajstić information content (AvgIpc) is 2.70. The Bertz CT molecular complexity index is 485. The van der Waals surface area contributed by atoms with Crippen LogP contribution in [-0.4, -0.2) is 15.4 Å². The molecule has 0 aliphatic rings. The number of nitrogens with one attached hydrogen (secondary N) is 1. The zero-order valence-corrected chi connectivity index (χ0v) is 8.44. The van der Waals surface area contributed by atoms with Gasteiger partial charge in [0.2, 0.25) is 0 Å². The number of nitrogens with two attached hydrogens (primary N) is 1. The minimum absolute atomic E-state index is 0.0717. The van der Waals surface area contributed by atoms with E-state index >= 15 is 0 Å². The number of nitrogens with zero attached hydrogens (tertiary/aromatic N) is 2. The summed E-state index contributed by atoms with van der Waals surface area (Å²) in [5.41, 5.74) is 8.24. The first kappa shape index (κ1) is 9.45. The van der Waals surface area contributed by atoms with E-state index in [0.29, 0.717) is 0 Å². The molecule has 0 unspecified atom stereocenters. The lowest BCUT2D eigenvalue weighted by Crippen LogP contribution is -2.14. The van der Waals surface area contributed by atoms with Gasteiger partial charge in [0.15, 0.2) is 0 Å². The molecule has 4 heteroatoms. The molecule has 2 aromatic rings. The van der Waals surface area contributed by atoms with E-state index in [1.165, 1.54) is 0 Å². The summed E-state index contributed by atoms with van der Waals surface area (Å²) in [4.78, 5) is 3.97. The van der Waals surface area contributed by atoms with Crippen LogP contribution in [0.3, 0.4) is 0 Å². The molecular formula is C11H12N4.